The molecule has 5 nitrogen and oxygen atoms in total. The second-order valence-electron chi connectivity index (χ2n) is 4.25. The molecule has 0 aliphatic heterocycles. The highest BCUT2D eigenvalue weighted by molar-refractivity contribution is 6.31. The van der Waals surface area contributed by atoms with Crippen molar-refractivity contribution in [2.24, 2.45) is 5.10 Å². The van der Waals surface area contributed by atoms with E-state index in [4.69, 9.17) is 27.9 Å². The number of hydrogen-bond donors (Lipinski definition) is 2. The minimum Gasteiger partial charge on any atom is -0.504 e. The SMILES string of the molecule is COc1cc(Cl)cc(C=NNC(=O)c2ccc(Cl)cc2)c1O. The number of methoxy groups -OCH3 is 1. The number of nitrogens with one attached hydrogen (secondary N) is 1. The fraction of sp³-hybridized carbons (Fsp3) is 0.0667. The molecule has 0 saturated heterocycles. The van der Waals surface area contributed by atoms with Crippen molar-refractivity contribution in [1.29, 1.82) is 0 Å². The summed E-state index contributed by atoms with van der Waals surface area (Å²) in [5.74, 6) is -0.296. The third-order valence-corrected chi connectivity index (χ3v) is 3.24. The van der Waals surface area contributed by atoms with Gasteiger partial charge in [0, 0.05) is 27.2 Å². The van der Waals surface area contributed by atoms with Gasteiger partial charge in [-0.25, -0.2) is 5.43 Å². The standard InChI is InChI=1S/C15H12Cl2N2O3/c1-22-13-7-12(17)6-10(14(13)20)8-18-19-15(21)9-2-4-11(16)5-3-9/h2-8,20H,1H3,(H,19,21). The molecule has 0 heterocycles. The summed E-state index contributed by atoms with van der Waals surface area (Å²) < 4.78 is 4.98. The van der Waals surface area contributed by atoms with Gasteiger partial charge in [-0.05, 0) is 30.3 Å². The lowest BCUT2D eigenvalue weighted by atomic mass is 10.2. The third-order valence-electron chi connectivity index (χ3n) is 2.77. The number of hydrogen-bond acceptors (Lipinski definition) is 4. The molecular formula is C15H12Cl2N2O3. The summed E-state index contributed by atoms with van der Waals surface area (Å²) in [6, 6.07) is 9.33. The number of carbonyl (C=O) groups excluding carboxylic acids is 1. The molecule has 1 amide bonds. The molecular weight excluding hydrogens is 327 g/mol. The fourth-order valence-electron chi connectivity index (χ4n) is 1.67. The molecule has 0 radical (unpaired) electrons. The lowest BCUT2D eigenvalue weighted by Gasteiger charge is -2.06. The number of amides is 1. The van der Waals surface area contributed by atoms with E-state index >= 15 is 0 Å². The van der Waals surface area contributed by atoms with Crippen LogP contribution in [0.2, 0.25) is 10.0 Å². The molecule has 0 saturated carbocycles. The van der Waals surface area contributed by atoms with Crippen molar-refractivity contribution in [2.45, 2.75) is 0 Å². The van der Waals surface area contributed by atoms with E-state index in [2.05, 4.69) is 10.5 Å². The number of aromatic hydroxyl groups is 1. The Labute approximate surface area is 137 Å². The van der Waals surface area contributed by atoms with Crippen LogP contribution in [0.5, 0.6) is 11.5 Å². The van der Waals surface area contributed by atoms with Crippen LogP contribution in [0.15, 0.2) is 41.5 Å². The van der Waals surface area contributed by atoms with Crippen LogP contribution in [0.1, 0.15) is 15.9 Å². The molecule has 0 unspecified atom stereocenters. The normalized spacial score (nSPS) is 10.7. The minimum atomic E-state index is -0.401. The Kier molecular flexibility index (Phi) is 5.25. The fourth-order valence-corrected chi connectivity index (χ4v) is 2.02. The smallest absolute Gasteiger partial charge is 0.271 e. The van der Waals surface area contributed by atoms with Crippen LogP contribution in [0.4, 0.5) is 0 Å². The van der Waals surface area contributed by atoms with Gasteiger partial charge in [0.25, 0.3) is 5.91 Å². The van der Waals surface area contributed by atoms with E-state index in [1.165, 1.54) is 25.5 Å². The predicted octanol–water partition coefficient (Wildman–Crippen LogP) is 3.47. The van der Waals surface area contributed by atoms with Gasteiger partial charge < -0.3 is 9.84 Å². The topological polar surface area (TPSA) is 70.9 Å². The quantitative estimate of drug-likeness (QED) is 0.662. The van der Waals surface area contributed by atoms with Crippen LogP contribution in [0.3, 0.4) is 0 Å². The molecule has 0 atom stereocenters. The number of hydrazone groups is 1. The number of phenols is 1. The van der Waals surface area contributed by atoms with Gasteiger partial charge >= 0.3 is 0 Å². The number of carbonyl (C=O) groups is 1. The van der Waals surface area contributed by atoms with Crippen molar-refractivity contribution in [3.05, 3.63) is 57.6 Å². The van der Waals surface area contributed by atoms with Gasteiger partial charge in [-0.15, -0.1) is 0 Å². The molecule has 0 fully saturated rings. The Bertz CT molecular complexity index is 715. The van der Waals surface area contributed by atoms with E-state index in [1.807, 2.05) is 0 Å². The number of nitrogens with zero attached hydrogens (tertiary/aromatic N) is 1. The van der Waals surface area contributed by atoms with E-state index in [0.717, 1.165) is 0 Å². The van der Waals surface area contributed by atoms with Crippen molar-refractivity contribution in [3.8, 4) is 11.5 Å². The highest BCUT2D eigenvalue weighted by Gasteiger charge is 2.09. The second kappa shape index (κ2) is 7.15. The lowest BCUT2D eigenvalue weighted by molar-refractivity contribution is 0.0955. The highest BCUT2D eigenvalue weighted by atomic mass is 35.5. The van der Waals surface area contributed by atoms with Gasteiger partial charge in [0.15, 0.2) is 11.5 Å². The first-order valence-electron chi connectivity index (χ1n) is 6.16. The maximum Gasteiger partial charge on any atom is 0.271 e. The zero-order chi connectivity index (χ0) is 16.1. The van der Waals surface area contributed by atoms with Gasteiger partial charge in [-0.3, -0.25) is 4.79 Å². The second-order valence-corrected chi connectivity index (χ2v) is 5.12. The third kappa shape index (κ3) is 3.90. The number of ether oxygens (including phenoxy) is 1. The van der Waals surface area contributed by atoms with Gasteiger partial charge in [-0.2, -0.15) is 5.10 Å². The number of benzene rings is 2. The first-order valence-corrected chi connectivity index (χ1v) is 6.92. The van der Waals surface area contributed by atoms with Crippen LogP contribution in [0, 0.1) is 0 Å². The first-order chi connectivity index (χ1) is 10.5. The van der Waals surface area contributed by atoms with Gasteiger partial charge in [-0.1, -0.05) is 23.2 Å². The molecule has 0 aliphatic carbocycles. The van der Waals surface area contributed by atoms with Gasteiger partial charge in [0.05, 0.1) is 13.3 Å². The molecule has 7 heteroatoms. The van der Waals surface area contributed by atoms with E-state index in [-0.39, 0.29) is 11.5 Å². The van der Waals surface area contributed by atoms with Crippen LogP contribution in [0.25, 0.3) is 0 Å². The zero-order valence-corrected chi connectivity index (χ0v) is 13.0. The van der Waals surface area contributed by atoms with Crippen molar-refractivity contribution >= 4 is 35.3 Å². The van der Waals surface area contributed by atoms with E-state index < -0.39 is 5.91 Å². The Morgan fingerprint density at radius 3 is 2.55 bits per heavy atom. The van der Waals surface area contributed by atoms with Crippen molar-refractivity contribution in [1.82, 2.24) is 5.43 Å². The molecule has 114 valence electrons. The largest absolute Gasteiger partial charge is 0.504 e. The van der Waals surface area contributed by atoms with E-state index in [9.17, 15) is 9.90 Å². The Hall–Kier alpha value is -2.24. The number of halogens is 2. The first kappa shape index (κ1) is 16.1. The summed E-state index contributed by atoms with van der Waals surface area (Å²) in [5.41, 5.74) is 3.08. The van der Waals surface area contributed by atoms with E-state index in [0.29, 0.717) is 21.2 Å². The van der Waals surface area contributed by atoms with Crippen LogP contribution in [-0.4, -0.2) is 24.3 Å². The Balaban J connectivity index is 2.11. The number of rotatable bonds is 4. The molecule has 0 spiro atoms. The molecule has 2 aromatic carbocycles. The average molecular weight is 339 g/mol. The molecule has 0 bridgehead atoms. The average Bonchev–Trinajstić information content (AvgIpc) is 2.50. The van der Waals surface area contributed by atoms with Crippen molar-refractivity contribution < 1.29 is 14.6 Å². The lowest BCUT2D eigenvalue weighted by Crippen LogP contribution is -2.17. The van der Waals surface area contributed by atoms with E-state index in [1.54, 1.807) is 24.3 Å². The van der Waals surface area contributed by atoms with Crippen molar-refractivity contribution in [3.63, 3.8) is 0 Å². The summed E-state index contributed by atoms with van der Waals surface area (Å²) in [5, 5.41) is 14.6. The van der Waals surface area contributed by atoms with Gasteiger partial charge in [0.2, 0.25) is 0 Å². The molecule has 2 rings (SSSR count). The summed E-state index contributed by atoms with van der Waals surface area (Å²) in [6.45, 7) is 0. The highest BCUT2D eigenvalue weighted by Crippen LogP contribution is 2.32. The summed E-state index contributed by atoms with van der Waals surface area (Å²) in [7, 11) is 1.41. The van der Waals surface area contributed by atoms with Crippen molar-refractivity contribution in [2.75, 3.05) is 7.11 Å². The molecule has 0 aliphatic rings. The summed E-state index contributed by atoms with van der Waals surface area (Å²) in [4.78, 5) is 11.8. The molecule has 2 N–H and O–H groups in total. The monoisotopic (exact) mass is 338 g/mol. The van der Waals surface area contributed by atoms with Crippen LogP contribution < -0.4 is 10.2 Å². The molecule has 2 aromatic rings. The van der Waals surface area contributed by atoms with Crippen LogP contribution in [-0.2, 0) is 0 Å². The Morgan fingerprint density at radius 2 is 1.91 bits per heavy atom. The zero-order valence-electron chi connectivity index (χ0n) is 11.5. The Morgan fingerprint density at radius 1 is 1.23 bits per heavy atom. The minimum absolute atomic E-state index is 0.114. The predicted molar refractivity (Wildman–Crippen MR) is 86.2 cm³/mol. The van der Waals surface area contributed by atoms with Gasteiger partial charge in [0.1, 0.15) is 0 Å². The maximum atomic E-state index is 11.8. The summed E-state index contributed by atoms with van der Waals surface area (Å²) >= 11 is 11.6. The molecule has 22 heavy (non-hydrogen) atoms. The summed E-state index contributed by atoms with van der Waals surface area (Å²) in [6.07, 6.45) is 1.28. The number of phenolic OH excluding ortho intramolecular Hbond substituents is 1. The van der Waals surface area contributed by atoms with Crippen LogP contribution >= 0.6 is 23.2 Å². The molecule has 0 aromatic heterocycles. The maximum absolute atomic E-state index is 11.8.